The highest BCUT2D eigenvalue weighted by atomic mass is 16.7. The summed E-state index contributed by atoms with van der Waals surface area (Å²) in [7, 11) is 0. The molecule has 0 amide bonds. The summed E-state index contributed by atoms with van der Waals surface area (Å²) in [5, 5.41) is 0. The number of esters is 1. The Balaban J connectivity index is 2.65. The topological polar surface area (TPSA) is 61.8 Å². The van der Waals surface area contributed by atoms with Crippen molar-refractivity contribution in [2.24, 2.45) is 0 Å². The number of carbonyl (C=O) groups is 2. The van der Waals surface area contributed by atoms with Gasteiger partial charge in [-0.25, -0.2) is 9.59 Å². The van der Waals surface area contributed by atoms with Crippen molar-refractivity contribution in [3.05, 3.63) is 42.0 Å². The average Bonchev–Trinajstić information content (AvgIpc) is 2.43. The summed E-state index contributed by atoms with van der Waals surface area (Å²) >= 11 is 0. The second kappa shape index (κ2) is 7.31. The molecule has 0 saturated carbocycles. The van der Waals surface area contributed by atoms with Crippen LogP contribution in [-0.2, 0) is 14.2 Å². The van der Waals surface area contributed by atoms with E-state index in [1.54, 1.807) is 58.9 Å². The Labute approximate surface area is 137 Å². The number of hydrogen-bond donors (Lipinski definition) is 0. The van der Waals surface area contributed by atoms with Gasteiger partial charge in [0.25, 0.3) is 0 Å². The second-order valence-electron chi connectivity index (χ2n) is 6.69. The molecule has 5 nitrogen and oxygen atoms in total. The van der Waals surface area contributed by atoms with Crippen molar-refractivity contribution in [1.29, 1.82) is 0 Å². The van der Waals surface area contributed by atoms with Gasteiger partial charge in [0.05, 0.1) is 5.56 Å². The van der Waals surface area contributed by atoms with Crippen molar-refractivity contribution >= 4 is 18.2 Å². The SMILES string of the molecule is C=Cc1ccccc1C(=O)OC(C)(C)COC(=O)OC(C)(C)C. The van der Waals surface area contributed by atoms with Gasteiger partial charge in [-0.05, 0) is 46.2 Å². The van der Waals surface area contributed by atoms with Crippen molar-refractivity contribution in [2.45, 2.75) is 45.8 Å². The van der Waals surface area contributed by atoms with Crippen LogP contribution in [0.15, 0.2) is 30.8 Å². The van der Waals surface area contributed by atoms with E-state index in [-0.39, 0.29) is 6.61 Å². The van der Waals surface area contributed by atoms with E-state index in [0.717, 1.165) is 0 Å². The number of carbonyl (C=O) groups excluding carboxylic acids is 2. The van der Waals surface area contributed by atoms with Crippen molar-refractivity contribution in [3.63, 3.8) is 0 Å². The van der Waals surface area contributed by atoms with E-state index in [1.807, 2.05) is 6.07 Å². The largest absolute Gasteiger partial charge is 0.508 e. The van der Waals surface area contributed by atoms with Crippen LogP contribution in [-0.4, -0.2) is 29.9 Å². The second-order valence-corrected chi connectivity index (χ2v) is 6.69. The van der Waals surface area contributed by atoms with Crippen LogP contribution in [0.1, 0.15) is 50.5 Å². The van der Waals surface area contributed by atoms with E-state index in [4.69, 9.17) is 14.2 Å². The van der Waals surface area contributed by atoms with E-state index < -0.39 is 23.3 Å². The Bertz CT molecular complexity index is 581. The summed E-state index contributed by atoms with van der Waals surface area (Å²) in [6.45, 7) is 12.1. The van der Waals surface area contributed by atoms with Gasteiger partial charge in [0.2, 0.25) is 0 Å². The Morgan fingerprint density at radius 2 is 1.70 bits per heavy atom. The molecule has 126 valence electrons. The first-order chi connectivity index (χ1) is 10.5. The first kappa shape index (κ1) is 18.7. The number of benzene rings is 1. The van der Waals surface area contributed by atoms with Gasteiger partial charge in [-0.2, -0.15) is 0 Å². The predicted octanol–water partition coefficient (Wildman–Crippen LogP) is 4.22. The van der Waals surface area contributed by atoms with E-state index in [0.29, 0.717) is 11.1 Å². The van der Waals surface area contributed by atoms with Gasteiger partial charge in [0.15, 0.2) is 0 Å². The van der Waals surface area contributed by atoms with E-state index in [9.17, 15) is 9.59 Å². The summed E-state index contributed by atoms with van der Waals surface area (Å²) < 4.78 is 15.5. The third-order valence-electron chi connectivity index (χ3n) is 2.70. The van der Waals surface area contributed by atoms with Crippen LogP contribution < -0.4 is 0 Å². The van der Waals surface area contributed by atoms with Crippen LogP contribution in [0, 0.1) is 0 Å². The minimum Gasteiger partial charge on any atom is -0.452 e. The maximum absolute atomic E-state index is 12.3. The summed E-state index contributed by atoms with van der Waals surface area (Å²) in [5.41, 5.74) is -0.530. The molecule has 1 rings (SSSR count). The molecule has 0 atom stereocenters. The zero-order valence-corrected chi connectivity index (χ0v) is 14.3. The molecule has 0 bridgehead atoms. The zero-order chi connectivity index (χ0) is 17.7. The third kappa shape index (κ3) is 6.55. The monoisotopic (exact) mass is 320 g/mol. The number of ether oxygens (including phenoxy) is 3. The van der Waals surface area contributed by atoms with Gasteiger partial charge in [0, 0.05) is 0 Å². The summed E-state index contributed by atoms with van der Waals surface area (Å²) in [6.07, 6.45) is 0.786. The van der Waals surface area contributed by atoms with E-state index >= 15 is 0 Å². The third-order valence-corrected chi connectivity index (χ3v) is 2.70. The van der Waals surface area contributed by atoms with Crippen molar-refractivity contribution in [3.8, 4) is 0 Å². The number of hydrogen-bond acceptors (Lipinski definition) is 5. The molecule has 0 aromatic heterocycles. The average molecular weight is 320 g/mol. The Hall–Kier alpha value is -2.30. The van der Waals surface area contributed by atoms with Crippen LogP contribution >= 0.6 is 0 Å². The smallest absolute Gasteiger partial charge is 0.452 e. The molecule has 5 heteroatoms. The normalized spacial score (nSPS) is 11.5. The van der Waals surface area contributed by atoms with Gasteiger partial charge < -0.3 is 14.2 Å². The van der Waals surface area contributed by atoms with Gasteiger partial charge in [0.1, 0.15) is 17.8 Å². The minimum atomic E-state index is -0.984. The molecular formula is C18H24O5. The predicted molar refractivity (Wildman–Crippen MR) is 88.2 cm³/mol. The lowest BCUT2D eigenvalue weighted by atomic mass is 10.1. The molecule has 0 aliphatic carbocycles. The fourth-order valence-corrected chi connectivity index (χ4v) is 1.71. The quantitative estimate of drug-likeness (QED) is 0.760. The molecular weight excluding hydrogens is 296 g/mol. The lowest BCUT2D eigenvalue weighted by Gasteiger charge is -2.26. The van der Waals surface area contributed by atoms with Crippen LogP contribution in [0.25, 0.3) is 6.08 Å². The summed E-state index contributed by atoms with van der Waals surface area (Å²) in [5.74, 6) is -0.502. The highest BCUT2D eigenvalue weighted by Crippen LogP contribution is 2.18. The highest BCUT2D eigenvalue weighted by molar-refractivity contribution is 5.93. The van der Waals surface area contributed by atoms with Gasteiger partial charge in [-0.1, -0.05) is 30.9 Å². The molecule has 0 radical (unpaired) electrons. The molecule has 0 fully saturated rings. The molecule has 0 aliphatic rings. The van der Waals surface area contributed by atoms with Crippen LogP contribution in [0.5, 0.6) is 0 Å². The molecule has 1 aromatic carbocycles. The molecule has 23 heavy (non-hydrogen) atoms. The van der Waals surface area contributed by atoms with Gasteiger partial charge in [-0.3, -0.25) is 0 Å². The molecule has 0 heterocycles. The fourth-order valence-electron chi connectivity index (χ4n) is 1.71. The maximum Gasteiger partial charge on any atom is 0.508 e. The molecule has 0 spiro atoms. The van der Waals surface area contributed by atoms with Crippen molar-refractivity contribution in [1.82, 2.24) is 0 Å². The molecule has 0 N–H and O–H groups in total. The lowest BCUT2D eigenvalue weighted by molar-refractivity contribution is -0.0590. The van der Waals surface area contributed by atoms with Crippen LogP contribution in [0.3, 0.4) is 0 Å². The van der Waals surface area contributed by atoms with Crippen molar-refractivity contribution in [2.75, 3.05) is 6.61 Å². The molecule has 0 aliphatic heterocycles. The standard InChI is InChI=1S/C18H24O5/c1-7-13-10-8-9-11-14(13)15(19)22-18(5,6)12-21-16(20)23-17(2,3)4/h7-11H,1,12H2,2-6H3. The number of rotatable bonds is 5. The Morgan fingerprint density at radius 1 is 1.09 bits per heavy atom. The van der Waals surface area contributed by atoms with E-state index in [1.165, 1.54) is 0 Å². The summed E-state index contributed by atoms with van der Waals surface area (Å²) in [4.78, 5) is 23.8. The first-order valence-corrected chi connectivity index (χ1v) is 7.35. The lowest BCUT2D eigenvalue weighted by Crippen LogP contribution is -2.36. The molecule has 1 aromatic rings. The van der Waals surface area contributed by atoms with Crippen LogP contribution in [0.2, 0.25) is 0 Å². The highest BCUT2D eigenvalue weighted by Gasteiger charge is 2.28. The Kier molecular flexibility index (Phi) is 5.96. The van der Waals surface area contributed by atoms with Crippen LogP contribution in [0.4, 0.5) is 4.79 Å². The maximum atomic E-state index is 12.3. The summed E-state index contributed by atoms with van der Waals surface area (Å²) in [6, 6.07) is 6.98. The fraction of sp³-hybridized carbons (Fsp3) is 0.444. The Morgan fingerprint density at radius 3 is 2.26 bits per heavy atom. The minimum absolute atomic E-state index is 0.107. The van der Waals surface area contributed by atoms with E-state index in [2.05, 4.69) is 6.58 Å². The first-order valence-electron chi connectivity index (χ1n) is 7.35. The van der Waals surface area contributed by atoms with Gasteiger partial charge in [-0.15, -0.1) is 0 Å². The van der Waals surface area contributed by atoms with Crippen molar-refractivity contribution < 1.29 is 23.8 Å². The van der Waals surface area contributed by atoms with Gasteiger partial charge >= 0.3 is 12.1 Å². The zero-order valence-electron chi connectivity index (χ0n) is 14.3. The molecule has 0 unspecified atom stereocenters. The molecule has 0 saturated heterocycles.